The van der Waals surface area contributed by atoms with E-state index >= 15 is 0 Å². The molecule has 1 aromatic carbocycles. The molecule has 0 bridgehead atoms. The smallest absolute Gasteiger partial charge is 0.259 e. The van der Waals surface area contributed by atoms with Crippen LogP contribution in [-0.4, -0.2) is 33.5 Å². The molecular weight excluding hydrogens is 272 g/mol. The topological polar surface area (TPSA) is 32.7 Å². The number of hydrogen-bond acceptors (Lipinski definition) is 5. The van der Waals surface area contributed by atoms with Gasteiger partial charge in [0.25, 0.3) is 5.91 Å². The van der Waals surface area contributed by atoms with Crippen molar-refractivity contribution in [1.82, 2.24) is 5.01 Å². The van der Waals surface area contributed by atoms with Gasteiger partial charge in [-0.05, 0) is 24.0 Å². The lowest BCUT2D eigenvalue weighted by Gasteiger charge is -2.06. The van der Waals surface area contributed by atoms with Crippen LogP contribution in [0.3, 0.4) is 0 Å². The van der Waals surface area contributed by atoms with Gasteiger partial charge in [-0.3, -0.25) is 4.79 Å². The molecule has 3 nitrogen and oxygen atoms in total. The standard InChI is InChI=1S/C11H10N2OS3/c1-16-9-4-2-8(3-5-9)6-12-13-10(14)7-17-11(13)15/h2-6H,7H2,1H3. The number of thioether (sulfide) groups is 2. The summed E-state index contributed by atoms with van der Waals surface area (Å²) in [5.41, 5.74) is 0.954. The number of benzene rings is 1. The predicted molar refractivity (Wildman–Crippen MR) is 77.7 cm³/mol. The first-order valence-corrected chi connectivity index (χ1v) is 7.50. The first-order chi connectivity index (χ1) is 8.20. The summed E-state index contributed by atoms with van der Waals surface area (Å²) in [7, 11) is 0. The summed E-state index contributed by atoms with van der Waals surface area (Å²) < 4.78 is 0.520. The van der Waals surface area contributed by atoms with Crippen LogP contribution in [0.15, 0.2) is 34.3 Å². The molecule has 0 saturated carbocycles. The molecule has 0 aromatic heterocycles. The molecular formula is C11H10N2OS3. The zero-order valence-electron chi connectivity index (χ0n) is 9.12. The van der Waals surface area contributed by atoms with Crippen molar-refractivity contribution in [3.8, 4) is 0 Å². The number of rotatable bonds is 3. The molecule has 6 heteroatoms. The second kappa shape index (κ2) is 5.66. The van der Waals surface area contributed by atoms with E-state index < -0.39 is 0 Å². The monoisotopic (exact) mass is 282 g/mol. The van der Waals surface area contributed by atoms with Crippen molar-refractivity contribution in [2.75, 3.05) is 12.0 Å². The summed E-state index contributed by atoms with van der Waals surface area (Å²) in [5, 5.41) is 5.38. The quantitative estimate of drug-likeness (QED) is 0.485. The Morgan fingerprint density at radius 1 is 1.47 bits per heavy atom. The molecule has 17 heavy (non-hydrogen) atoms. The number of carbonyl (C=O) groups excluding carboxylic acids is 1. The molecule has 1 aliphatic heterocycles. The van der Waals surface area contributed by atoms with Crippen molar-refractivity contribution in [1.29, 1.82) is 0 Å². The first-order valence-electron chi connectivity index (χ1n) is 4.88. The molecule has 0 radical (unpaired) electrons. The highest BCUT2D eigenvalue weighted by Gasteiger charge is 2.25. The number of thiocarbonyl (C=S) groups is 1. The molecule has 1 aliphatic rings. The van der Waals surface area contributed by atoms with Crippen molar-refractivity contribution in [2.45, 2.75) is 4.90 Å². The summed E-state index contributed by atoms with van der Waals surface area (Å²) in [4.78, 5) is 12.6. The third kappa shape index (κ3) is 3.08. The van der Waals surface area contributed by atoms with E-state index in [1.54, 1.807) is 18.0 Å². The largest absolute Gasteiger partial charge is 0.272 e. The van der Waals surface area contributed by atoms with Crippen molar-refractivity contribution >= 4 is 52.2 Å². The highest BCUT2D eigenvalue weighted by molar-refractivity contribution is 8.23. The minimum absolute atomic E-state index is 0.0583. The van der Waals surface area contributed by atoms with Gasteiger partial charge in [0.05, 0.1) is 12.0 Å². The molecule has 0 spiro atoms. The van der Waals surface area contributed by atoms with E-state index in [1.165, 1.54) is 21.7 Å². The molecule has 1 saturated heterocycles. The van der Waals surface area contributed by atoms with Gasteiger partial charge in [-0.15, -0.1) is 11.8 Å². The van der Waals surface area contributed by atoms with Crippen LogP contribution in [0, 0.1) is 0 Å². The summed E-state index contributed by atoms with van der Waals surface area (Å²) in [6.07, 6.45) is 3.68. The Morgan fingerprint density at radius 3 is 2.71 bits per heavy atom. The van der Waals surface area contributed by atoms with Crippen LogP contribution in [-0.2, 0) is 4.79 Å². The number of hydrogen-bond donors (Lipinski definition) is 0. The van der Waals surface area contributed by atoms with Crippen molar-refractivity contribution in [2.24, 2.45) is 5.10 Å². The number of amides is 1. The number of nitrogens with zero attached hydrogens (tertiary/aromatic N) is 2. The average molecular weight is 282 g/mol. The van der Waals surface area contributed by atoms with E-state index in [4.69, 9.17) is 12.2 Å². The second-order valence-electron chi connectivity index (χ2n) is 3.28. The Hall–Kier alpha value is -0.850. The van der Waals surface area contributed by atoms with Crippen LogP contribution < -0.4 is 0 Å². The minimum Gasteiger partial charge on any atom is -0.272 e. The Kier molecular flexibility index (Phi) is 4.20. The maximum atomic E-state index is 11.4. The Labute approximate surface area is 114 Å². The van der Waals surface area contributed by atoms with Crippen LogP contribution in [0.1, 0.15) is 5.56 Å². The van der Waals surface area contributed by atoms with E-state index in [0.717, 1.165) is 5.56 Å². The Bertz CT molecular complexity index is 454. The van der Waals surface area contributed by atoms with Gasteiger partial charge in [0, 0.05) is 4.90 Å². The lowest BCUT2D eigenvalue weighted by atomic mass is 10.2. The van der Waals surface area contributed by atoms with Gasteiger partial charge in [0.1, 0.15) is 0 Å². The third-order valence-corrected chi connectivity index (χ3v) is 4.25. The number of hydrazone groups is 1. The highest BCUT2D eigenvalue weighted by atomic mass is 32.2. The van der Waals surface area contributed by atoms with Crippen LogP contribution in [0.2, 0.25) is 0 Å². The van der Waals surface area contributed by atoms with E-state index in [1.807, 2.05) is 30.5 Å². The van der Waals surface area contributed by atoms with E-state index in [0.29, 0.717) is 10.1 Å². The van der Waals surface area contributed by atoms with E-state index in [2.05, 4.69) is 5.10 Å². The Morgan fingerprint density at radius 2 is 2.18 bits per heavy atom. The summed E-state index contributed by atoms with van der Waals surface area (Å²) >= 11 is 8.06. The molecule has 1 amide bonds. The maximum absolute atomic E-state index is 11.4. The molecule has 88 valence electrons. The summed E-state index contributed by atoms with van der Waals surface area (Å²) in [5.74, 6) is 0.332. The predicted octanol–water partition coefficient (Wildman–Crippen LogP) is 2.60. The van der Waals surface area contributed by atoms with Gasteiger partial charge < -0.3 is 0 Å². The molecule has 1 aromatic rings. The zero-order valence-corrected chi connectivity index (χ0v) is 11.6. The summed E-state index contributed by atoms with van der Waals surface area (Å²) in [6, 6.07) is 7.97. The van der Waals surface area contributed by atoms with Gasteiger partial charge in [-0.2, -0.15) is 10.1 Å². The molecule has 0 aliphatic carbocycles. The normalized spacial score (nSPS) is 16.2. The van der Waals surface area contributed by atoms with Crippen LogP contribution >= 0.6 is 35.7 Å². The lowest BCUT2D eigenvalue weighted by molar-refractivity contribution is -0.123. The maximum Gasteiger partial charge on any atom is 0.259 e. The third-order valence-electron chi connectivity index (χ3n) is 2.17. The fourth-order valence-corrected chi connectivity index (χ4v) is 2.65. The van der Waals surface area contributed by atoms with Gasteiger partial charge in [0.2, 0.25) is 0 Å². The fraction of sp³-hybridized carbons (Fsp3) is 0.182. The van der Waals surface area contributed by atoms with Gasteiger partial charge >= 0.3 is 0 Å². The minimum atomic E-state index is -0.0583. The van der Waals surface area contributed by atoms with Crippen LogP contribution in [0.25, 0.3) is 0 Å². The fourth-order valence-electron chi connectivity index (χ4n) is 1.27. The number of carbonyl (C=O) groups is 1. The average Bonchev–Trinajstić information content (AvgIpc) is 2.67. The van der Waals surface area contributed by atoms with E-state index in [9.17, 15) is 4.79 Å². The highest BCUT2D eigenvalue weighted by Crippen LogP contribution is 2.19. The van der Waals surface area contributed by atoms with Gasteiger partial charge in [-0.1, -0.05) is 36.1 Å². The van der Waals surface area contributed by atoms with Gasteiger partial charge in [0.15, 0.2) is 4.32 Å². The summed E-state index contributed by atoms with van der Waals surface area (Å²) in [6.45, 7) is 0. The second-order valence-corrected chi connectivity index (χ2v) is 5.77. The molecule has 2 rings (SSSR count). The molecule has 0 atom stereocenters. The zero-order chi connectivity index (χ0) is 12.3. The molecule has 0 N–H and O–H groups in total. The van der Waals surface area contributed by atoms with Crippen molar-refractivity contribution < 1.29 is 4.79 Å². The SMILES string of the molecule is CSc1ccc(C=NN2C(=O)CSC2=S)cc1. The van der Waals surface area contributed by atoms with Crippen LogP contribution in [0.5, 0.6) is 0 Å². The molecule has 1 heterocycles. The molecule has 0 unspecified atom stereocenters. The molecule has 1 fully saturated rings. The lowest BCUT2D eigenvalue weighted by Crippen LogP contribution is -2.22. The first kappa shape index (κ1) is 12.6. The van der Waals surface area contributed by atoms with Crippen molar-refractivity contribution in [3.63, 3.8) is 0 Å². The van der Waals surface area contributed by atoms with E-state index in [-0.39, 0.29) is 5.91 Å². The van der Waals surface area contributed by atoms with Gasteiger partial charge in [-0.25, -0.2) is 0 Å². The Balaban J connectivity index is 2.09. The van der Waals surface area contributed by atoms with Crippen LogP contribution in [0.4, 0.5) is 0 Å². The van der Waals surface area contributed by atoms with Crippen molar-refractivity contribution in [3.05, 3.63) is 29.8 Å².